The largest absolute Gasteiger partial charge is 0.494 e. The minimum absolute atomic E-state index is 0.0569. The monoisotopic (exact) mass is 455 g/mol. The quantitative estimate of drug-likeness (QED) is 0.518. The number of allylic oxidation sites excluding steroid dienone is 2. The molecular formula is C29H45NO3. The van der Waals surface area contributed by atoms with E-state index in [0.29, 0.717) is 28.8 Å². The zero-order chi connectivity index (χ0) is 23.5. The lowest BCUT2D eigenvalue weighted by atomic mass is 9.47. The van der Waals surface area contributed by atoms with Gasteiger partial charge in [-0.1, -0.05) is 32.4 Å². The van der Waals surface area contributed by atoms with E-state index in [9.17, 15) is 9.90 Å². The van der Waals surface area contributed by atoms with E-state index in [-0.39, 0.29) is 12.0 Å². The molecule has 184 valence electrons. The fourth-order valence-corrected chi connectivity index (χ4v) is 9.02. The molecule has 4 aliphatic carbocycles. The van der Waals surface area contributed by atoms with E-state index in [2.05, 4.69) is 39.1 Å². The summed E-state index contributed by atoms with van der Waals surface area (Å²) >= 11 is 0. The third-order valence-corrected chi connectivity index (χ3v) is 10.8. The number of carbonyl (C=O) groups excluding carboxylic acids is 1. The minimum atomic E-state index is -0.124. The minimum Gasteiger partial charge on any atom is -0.494 e. The van der Waals surface area contributed by atoms with E-state index in [1.165, 1.54) is 37.0 Å². The van der Waals surface area contributed by atoms with Crippen molar-refractivity contribution in [2.24, 2.45) is 40.4 Å². The third kappa shape index (κ3) is 3.79. The van der Waals surface area contributed by atoms with Crippen LogP contribution in [-0.4, -0.2) is 29.8 Å². The Morgan fingerprint density at radius 3 is 2.82 bits per heavy atom. The number of amides is 1. The van der Waals surface area contributed by atoms with Gasteiger partial charge < -0.3 is 15.2 Å². The van der Waals surface area contributed by atoms with E-state index in [1.807, 2.05) is 0 Å². The predicted molar refractivity (Wildman–Crippen MR) is 131 cm³/mol. The molecule has 3 saturated carbocycles. The Labute approximate surface area is 200 Å². The summed E-state index contributed by atoms with van der Waals surface area (Å²) in [6.45, 7) is 12.0. The van der Waals surface area contributed by atoms with Crippen molar-refractivity contribution < 1.29 is 14.6 Å². The van der Waals surface area contributed by atoms with Crippen LogP contribution in [0.25, 0.3) is 0 Å². The number of carbonyl (C=O) groups is 1. The summed E-state index contributed by atoms with van der Waals surface area (Å²) < 4.78 is 6.70. The summed E-state index contributed by atoms with van der Waals surface area (Å²) in [7, 11) is 0. The summed E-state index contributed by atoms with van der Waals surface area (Å²) in [4.78, 5) is 11.2. The molecule has 0 bridgehead atoms. The van der Waals surface area contributed by atoms with Crippen LogP contribution in [0.3, 0.4) is 0 Å². The van der Waals surface area contributed by atoms with Crippen molar-refractivity contribution >= 4 is 5.91 Å². The molecule has 0 radical (unpaired) electrons. The maximum absolute atomic E-state index is 11.2. The lowest BCUT2D eigenvalue weighted by molar-refractivity contribution is -0.119. The SMILES string of the molecule is CC(=O)NC[C@@H](C)CCC1=C(C)[C@H]2[C@@H](C[C@H]3[C@@H]4CC=C5C[C@@H](O)CC[C@]5(C)[C@H]4CC[C@@]32C)O1. The Balaban J connectivity index is 1.30. The van der Waals surface area contributed by atoms with Crippen LogP contribution in [0.2, 0.25) is 0 Å². The number of aliphatic hydroxyl groups is 1. The standard InChI is InChI=1S/C29H45NO3/c1-17(16-30-19(3)31)6-9-25-18(2)27-26(33-25)15-24-22-8-7-20-14-21(32)10-12-28(20,4)23(22)11-13-29(24,27)5/h7,17,21-24,26-27,32H,6,8-16H2,1-5H3,(H,30,31)/t17-,21-,22+,23-,24-,26+,27-,28-,29-/m0/s1. The molecule has 0 aromatic heterocycles. The van der Waals surface area contributed by atoms with Gasteiger partial charge in [-0.3, -0.25) is 4.79 Å². The molecule has 0 aromatic rings. The van der Waals surface area contributed by atoms with Gasteiger partial charge in [0.1, 0.15) is 6.10 Å². The second kappa shape index (κ2) is 8.43. The Morgan fingerprint density at radius 1 is 1.27 bits per heavy atom. The highest BCUT2D eigenvalue weighted by Crippen LogP contribution is 2.68. The Hall–Kier alpha value is -1.29. The summed E-state index contributed by atoms with van der Waals surface area (Å²) in [6.07, 6.45) is 13.0. The van der Waals surface area contributed by atoms with Gasteiger partial charge in [-0.15, -0.1) is 0 Å². The van der Waals surface area contributed by atoms with Crippen molar-refractivity contribution in [3.8, 4) is 0 Å². The average Bonchev–Trinajstić information content (AvgIpc) is 3.24. The first kappa shape index (κ1) is 23.5. The van der Waals surface area contributed by atoms with Crippen molar-refractivity contribution in [3.63, 3.8) is 0 Å². The van der Waals surface area contributed by atoms with Gasteiger partial charge in [0.25, 0.3) is 0 Å². The normalized spacial score (nSPS) is 44.7. The van der Waals surface area contributed by atoms with Gasteiger partial charge in [0.15, 0.2) is 0 Å². The van der Waals surface area contributed by atoms with Crippen LogP contribution >= 0.6 is 0 Å². The number of rotatable bonds is 5. The second-order valence-corrected chi connectivity index (χ2v) is 12.8. The molecule has 33 heavy (non-hydrogen) atoms. The van der Waals surface area contributed by atoms with Gasteiger partial charge in [0, 0.05) is 25.8 Å². The fraction of sp³-hybridized carbons (Fsp3) is 0.828. The van der Waals surface area contributed by atoms with Crippen LogP contribution in [0.1, 0.15) is 92.4 Å². The number of hydrogen-bond donors (Lipinski definition) is 2. The van der Waals surface area contributed by atoms with Crippen molar-refractivity contribution in [3.05, 3.63) is 23.0 Å². The van der Waals surface area contributed by atoms with Crippen LogP contribution < -0.4 is 5.32 Å². The van der Waals surface area contributed by atoms with Crippen molar-refractivity contribution in [1.82, 2.24) is 5.32 Å². The fourth-order valence-electron chi connectivity index (χ4n) is 9.02. The molecule has 0 spiro atoms. The van der Waals surface area contributed by atoms with Crippen LogP contribution in [-0.2, 0) is 9.53 Å². The second-order valence-electron chi connectivity index (χ2n) is 12.8. The number of nitrogens with one attached hydrogen (secondary N) is 1. The van der Waals surface area contributed by atoms with Crippen LogP contribution in [0.4, 0.5) is 0 Å². The molecule has 0 unspecified atom stereocenters. The lowest BCUT2D eigenvalue weighted by Crippen LogP contribution is -2.50. The maximum Gasteiger partial charge on any atom is 0.216 e. The Bertz CT molecular complexity index is 861. The Kier molecular flexibility index (Phi) is 5.99. The molecule has 5 rings (SSSR count). The molecule has 9 atom stereocenters. The molecule has 4 nitrogen and oxygen atoms in total. The summed E-state index contributed by atoms with van der Waals surface area (Å²) in [6, 6.07) is 0. The molecular weight excluding hydrogens is 410 g/mol. The first-order valence-corrected chi connectivity index (χ1v) is 13.6. The van der Waals surface area contributed by atoms with E-state index in [1.54, 1.807) is 12.5 Å². The van der Waals surface area contributed by atoms with Crippen molar-refractivity contribution in [1.29, 1.82) is 0 Å². The van der Waals surface area contributed by atoms with E-state index < -0.39 is 0 Å². The van der Waals surface area contributed by atoms with Gasteiger partial charge in [0.05, 0.1) is 11.9 Å². The predicted octanol–water partition coefficient (Wildman–Crippen LogP) is 5.76. The van der Waals surface area contributed by atoms with Crippen LogP contribution in [0.15, 0.2) is 23.0 Å². The first-order chi connectivity index (χ1) is 15.6. The molecule has 1 aliphatic heterocycles. The van der Waals surface area contributed by atoms with Crippen LogP contribution in [0.5, 0.6) is 0 Å². The molecule has 1 heterocycles. The molecule has 4 heteroatoms. The zero-order valence-corrected chi connectivity index (χ0v) is 21.5. The molecule has 0 saturated heterocycles. The number of ether oxygens (including phenoxy) is 1. The zero-order valence-electron chi connectivity index (χ0n) is 21.5. The number of aliphatic hydroxyl groups excluding tert-OH is 1. The average molecular weight is 456 g/mol. The van der Waals surface area contributed by atoms with Crippen molar-refractivity contribution in [2.45, 2.75) is 105 Å². The van der Waals surface area contributed by atoms with Gasteiger partial charge >= 0.3 is 0 Å². The van der Waals surface area contributed by atoms with Gasteiger partial charge in [0.2, 0.25) is 5.91 Å². The van der Waals surface area contributed by atoms with Gasteiger partial charge in [-0.2, -0.15) is 0 Å². The van der Waals surface area contributed by atoms with Gasteiger partial charge in [-0.05, 0) is 98.4 Å². The molecule has 5 aliphatic rings. The van der Waals surface area contributed by atoms with Gasteiger partial charge in [-0.25, -0.2) is 0 Å². The van der Waals surface area contributed by atoms with E-state index in [4.69, 9.17) is 4.74 Å². The number of hydrogen-bond acceptors (Lipinski definition) is 3. The summed E-state index contributed by atoms with van der Waals surface area (Å²) in [5.41, 5.74) is 3.75. The highest BCUT2D eigenvalue weighted by Gasteiger charge is 2.63. The van der Waals surface area contributed by atoms with Crippen LogP contribution in [0, 0.1) is 40.4 Å². The highest BCUT2D eigenvalue weighted by molar-refractivity contribution is 5.72. The maximum atomic E-state index is 11.2. The van der Waals surface area contributed by atoms with Crippen molar-refractivity contribution in [2.75, 3.05) is 6.54 Å². The summed E-state index contributed by atoms with van der Waals surface area (Å²) in [5, 5.41) is 13.2. The highest BCUT2D eigenvalue weighted by atomic mass is 16.5. The summed E-state index contributed by atoms with van der Waals surface area (Å²) in [5.74, 6) is 4.66. The number of fused-ring (bicyclic) bond motifs is 7. The molecule has 2 N–H and O–H groups in total. The van der Waals surface area contributed by atoms with E-state index in [0.717, 1.165) is 56.4 Å². The first-order valence-electron chi connectivity index (χ1n) is 13.6. The molecule has 3 fully saturated rings. The lowest BCUT2D eigenvalue weighted by Gasteiger charge is -2.57. The smallest absolute Gasteiger partial charge is 0.216 e. The topological polar surface area (TPSA) is 58.6 Å². The van der Waals surface area contributed by atoms with E-state index >= 15 is 0 Å². The Morgan fingerprint density at radius 2 is 2.06 bits per heavy atom. The third-order valence-electron chi connectivity index (χ3n) is 10.8. The molecule has 0 aromatic carbocycles. The molecule has 1 amide bonds.